The van der Waals surface area contributed by atoms with Gasteiger partial charge in [0.25, 0.3) is 5.91 Å². The van der Waals surface area contributed by atoms with Crippen LogP contribution in [0.2, 0.25) is 0 Å². The smallest absolute Gasteiger partial charge is 0.306 e. The molecule has 5 rings (SSSR count). The van der Waals surface area contributed by atoms with Crippen LogP contribution >= 0.6 is 0 Å². The van der Waals surface area contributed by atoms with Gasteiger partial charge in [0.05, 0.1) is 19.4 Å². The van der Waals surface area contributed by atoms with E-state index < -0.39 is 11.9 Å². The summed E-state index contributed by atoms with van der Waals surface area (Å²) in [5.74, 6) is -0.803. The standard InChI is InChI=1S/C30H36FN3O5/c1-5-39-25(35)14-17-12-19(13-17)29(37)34-11-9-23-21(6-7-24(33-23)38-4)27(34)28(36)32-20-15-18-8-10-30(2,3)26(18)22(31)16-20/h6-7,15-17,19,27H,5,8-14H2,1-4H3,(H,32,36)/t17-,19+,27-/m1/s1. The third-order valence-electron chi connectivity index (χ3n) is 8.40. The average Bonchev–Trinajstić information content (AvgIpc) is 3.19. The van der Waals surface area contributed by atoms with Gasteiger partial charge < -0.3 is 19.7 Å². The Kier molecular flexibility index (Phi) is 7.35. The number of ether oxygens (including phenoxy) is 2. The monoisotopic (exact) mass is 537 g/mol. The maximum absolute atomic E-state index is 15.1. The lowest BCUT2D eigenvalue weighted by atomic mass is 9.72. The zero-order chi connectivity index (χ0) is 27.9. The van der Waals surface area contributed by atoms with E-state index in [-0.39, 0.29) is 34.9 Å². The predicted octanol–water partition coefficient (Wildman–Crippen LogP) is 4.50. The third kappa shape index (κ3) is 5.23. The Labute approximate surface area is 228 Å². The Bertz CT molecular complexity index is 1300. The van der Waals surface area contributed by atoms with Gasteiger partial charge in [-0.15, -0.1) is 0 Å². The van der Waals surface area contributed by atoms with E-state index in [9.17, 15) is 14.4 Å². The highest BCUT2D eigenvalue weighted by atomic mass is 19.1. The lowest BCUT2D eigenvalue weighted by molar-refractivity contribution is -0.151. The highest BCUT2D eigenvalue weighted by Crippen LogP contribution is 2.43. The molecule has 0 bridgehead atoms. The van der Waals surface area contributed by atoms with Gasteiger partial charge in [0.1, 0.15) is 11.9 Å². The maximum Gasteiger partial charge on any atom is 0.306 e. The van der Waals surface area contributed by atoms with Crippen LogP contribution in [-0.2, 0) is 37.4 Å². The molecular weight excluding hydrogens is 501 g/mol. The molecule has 2 heterocycles. The lowest BCUT2D eigenvalue weighted by Gasteiger charge is -2.42. The Morgan fingerprint density at radius 1 is 1.18 bits per heavy atom. The minimum atomic E-state index is -0.906. The fourth-order valence-corrected chi connectivity index (χ4v) is 6.37. The molecule has 2 aliphatic carbocycles. The number of hydrogen-bond acceptors (Lipinski definition) is 6. The molecule has 39 heavy (non-hydrogen) atoms. The van der Waals surface area contributed by atoms with Crippen molar-refractivity contribution in [3.05, 3.63) is 52.5 Å². The Balaban J connectivity index is 1.38. The van der Waals surface area contributed by atoms with Gasteiger partial charge in [-0.05, 0) is 73.3 Å². The first-order valence-corrected chi connectivity index (χ1v) is 13.7. The van der Waals surface area contributed by atoms with Gasteiger partial charge >= 0.3 is 5.97 Å². The molecule has 9 heteroatoms. The highest BCUT2D eigenvalue weighted by Gasteiger charge is 2.44. The summed E-state index contributed by atoms with van der Waals surface area (Å²) >= 11 is 0. The van der Waals surface area contributed by atoms with Crippen LogP contribution in [0.5, 0.6) is 5.88 Å². The molecule has 1 atom stereocenters. The summed E-state index contributed by atoms with van der Waals surface area (Å²) in [7, 11) is 1.53. The van der Waals surface area contributed by atoms with Gasteiger partial charge in [0.2, 0.25) is 11.8 Å². The van der Waals surface area contributed by atoms with Crippen LogP contribution in [0.4, 0.5) is 10.1 Å². The van der Waals surface area contributed by atoms with Crippen LogP contribution in [0.15, 0.2) is 24.3 Å². The molecule has 3 aliphatic rings. The second-order valence-corrected chi connectivity index (χ2v) is 11.5. The van der Waals surface area contributed by atoms with Crippen molar-refractivity contribution in [2.24, 2.45) is 11.8 Å². The van der Waals surface area contributed by atoms with Crippen LogP contribution in [-0.4, -0.2) is 47.9 Å². The fraction of sp³-hybridized carbons (Fsp3) is 0.533. The first kappa shape index (κ1) is 27.1. The second-order valence-electron chi connectivity index (χ2n) is 11.5. The number of benzene rings is 1. The van der Waals surface area contributed by atoms with Crippen molar-refractivity contribution in [1.29, 1.82) is 0 Å². The largest absolute Gasteiger partial charge is 0.481 e. The van der Waals surface area contributed by atoms with Gasteiger partial charge in [-0.3, -0.25) is 14.4 Å². The molecule has 208 valence electrons. The molecule has 0 spiro atoms. The molecule has 0 radical (unpaired) electrons. The molecule has 1 aromatic carbocycles. The normalized spacial score (nSPS) is 22.8. The van der Waals surface area contributed by atoms with Crippen molar-refractivity contribution < 1.29 is 28.2 Å². The summed E-state index contributed by atoms with van der Waals surface area (Å²) in [6, 6.07) is 5.78. The summed E-state index contributed by atoms with van der Waals surface area (Å²) in [6.45, 7) is 6.49. The number of aromatic nitrogens is 1. The van der Waals surface area contributed by atoms with Gasteiger partial charge in [0.15, 0.2) is 0 Å². The zero-order valence-electron chi connectivity index (χ0n) is 23.0. The first-order chi connectivity index (χ1) is 18.6. The highest BCUT2D eigenvalue weighted by molar-refractivity contribution is 5.99. The molecular formula is C30H36FN3O5. The van der Waals surface area contributed by atoms with E-state index in [1.165, 1.54) is 13.2 Å². The number of pyridine rings is 1. The van der Waals surface area contributed by atoms with Crippen LogP contribution < -0.4 is 10.1 Å². The minimum Gasteiger partial charge on any atom is -0.481 e. The van der Waals surface area contributed by atoms with E-state index in [1.807, 2.05) is 19.9 Å². The van der Waals surface area contributed by atoms with Gasteiger partial charge in [-0.2, -0.15) is 0 Å². The van der Waals surface area contributed by atoms with E-state index >= 15 is 4.39 Å². The number of nitrogens with one attached hydrogen (secondary N) is 1. The quantitative estimate of drug-likeness (QED) is 0.523. The number of nitrogens with zero attached hydrogens (tertiary/aromatic N) is 2. The van der Waals surface area contributed by atoms with Crippen LogP contribution in [0, 0.1) is 17.7 Å². The van der Waals surface area contributed by atoms with Crippen molar-refractivity contribution in [2.75, 3.05) is 25.6 Å². The van der Waals surface area contributed by atoms with Crippen molar-refractivity contribution in [2.45, 2.75) is 70.8 Å². The number of halogens is 1. The number of rotatable bonds is 7. The van der Waals surface area contributed by atoms with Crippen molar-refractivity contribution in [3.8, 4) is 5.88 Å². The number of esters is 1. The van der Waals surface area contributed by atoms with Crippen LogP contribution in [0.3, 0.4) is 0 Å². The minimum absolute atomic E-state index is 0.104. The number of fused-ring (bicyclic) bond motifs is 2. The number of carbonyl (C=O) groups excluding carboxylic acids is 3. The summed E-state index contributed by atoms with van der Waals surface area (Å²) in [5.41, 5.74) is 3.09. The third-order valence-corrected chi connectivity index (χ3v) is 8.40. The van der Waals surface area contributed by atoms with Gasteiger partial charge in [-0.1, -0.05) is 13.8 Å². The molecule has 1 saturated carbocycles. The average molecular weight is 538 g/mol. The molecule has 0 saturated heterocycles. The van der Waals surface area contributed by atoms with Crippen molar-refractivity contribution >= 4 is 23.5 Å². The number of carbonyl (C=O) groups is 3. The van der Waals surface area contributed by atoms with Crippen molar-refractivity contribution in [3.63, 3.8) is 0 Å². The number of hydrogen-bond donors (Lipinski definition) is 1. The number of aryl methyl sites for hydroxylation is 1. The van der Waals surface area contributed by atoms with Gasteiger partial charge in [0, 0.05) is 42.6 Å². The summed E-state index contributed by atoms with van der Waals surface area (Å²) < 4.78 is 25.4. The lowest BCUT2D eigenvalue weighted by Crippen LogP contribution is -2.50. The van der Waals surface area contributed by atoms with Crippen LogP contribution in [0.1, 0.15) is 74.9 Å². The Morgan fingerprint density at radius 3 is 2.67 bits per heavy atom. The van der Waals surface area contributed by atoms with Crippen molar-refractivity contribution in [1.82, 2.24) is 9.88 Å². The molecule has 1 N–H and O–H groups in total. The second kappa shape index (κ2) is 10.6. The maximum atomic E-state index is 15.1. The summed E-state index contributed by atoms with van der Waals surface area (Å²) in [4.78, 5) is 45.4. The molecule has 2 amide bonds. The SMILES string of the molecule is CCOC(=O)C[C@H]1C[C@@H](C(=O)N2CCc3nc(OC)ccc3[C@@H]2C(=O)Nc2cc(F)c3c(c2)CCC3(C)C)C1. The Hall–Kier alpha value is -3.49. The van der Waals surface area contributed by atoms with Crippen LogP contribution in [0.25, 0.3) is 0 Å². The first-order valence-electron chi connectivity index (χ1n) is 13.7. The summed E-state index contributed by atoms with van der Waals surface area (Å²) in [5, 5.41) is 2.89. The Morgan fingerprint density at radius 2 is 1.95 bits per heavy atom. The predicted molar refractivity (Wildman–Crippen MR) is 143 cm³/mol. The van der Waals surface area contributed by atoms with E-state index in [4.69, 9.17) is 9.47 Å². The molecule has 1 aliphatic heterocycles. The van der Waals surface area contributed by atoms with E-state index in [2.05, 4.69) is 10.3 Å². The topological polar surface area (TPSA) is 97.8 Å². The molecule has 1 fully saturated rings. The number of anilines is 1. The fourth-order valence-electron chi connectivity index (χ4n) is 6.37. The molecule has 2 aromatic rings. The zero-order valence-corrected chi connectivity index (χ0v) is 23.0. The van der Waals surface area contributed by atoms with Gasteiger partial charge in [-0.25, -0.2) is 9.37 Å². The van der Waals surface area contributed by atoms with E-state index in [1.54, 1.807) is 24.0 Å². The molecule has 1 aromatic heterocycles. The number of amides is 2. The summed E-state index contributed by atoms with van der Waals surface area (Å²) in [6.07, 6.45) is 3.56. The van der Waals surface area contributed by atoms with E-state index in [0.29, 0.717) is 67.2 Å². The molecule has 8 nitrogen and oxygen atoms in total. The molecule has 0 unspecified atom stereocenters. The van der Waals surface area contributed by atoms with E-state index in [0.717, 1.165) is 18.4 Å². The number of methoxy groups -OCH3 is 1.